The number of methoxy groups -OCH3 is 1. The van der Waals surface area contributed by atoms with E-state index in [1.54, 1.807) is 60.7 Å². The zero-order chi connectivity index (χ0) is 28.6. The van der Waals surface area contributed by atoms with Crippen molar-refractivity contribution in [2.45, 2.75) is 0 Å². The highest BCUT2D eigenvalue weighted by atomic mass is 79.9. The second-order valence-electron chi connectivity index (χ2n) is 8.16. The van der Waals surface area contributed by atoms with Gasteiger partial charge in [-0.05, 0) is 72.8 Å². The molecule has 11 heteroatoms. The van der Waals surface area contributed by atoms with Crippen LogP contribution in [-0.4, -0.2) is 31.1 Å². The van der Waals surface area contributed by atoms with Crippen molar-refractivity contribution < 1.29 is 23.9 Å². The van der Waals surface area contributed by atoms with Gasteiger partial charge in [0.2, 0.25) is 0 Å². The predicted octanol–water partition coefficient (Wildman–Crippen LogP) is 7.00. The van der Waals surface area contributed by atoms with Gasteiger partial charge in [0.15, 0.2) is 0 Å². The fraction of sp³-hybridized carbons (Fsp3) is 0.0345. The van der Waals surface area contributed by atoms with Crippen LogP contribution in [-0.2, 0) is 0 Å². The van der Waals surface area contributed by atoms with Gasteiger partial charge < -0.3 is 14.8 Å². The molecule has 0 aliphatic heterocycles. The largest absolute Gasteiger partial charge is 0.497 e. The van der Waals surface area contributed by atoms with Crippen LogP contribution in [0.2, 0.25) is 10.0 Å². The predicted molar refractivity (Wildman–Crippen MR) is 158 cm³/mol. The average Bonchev–Trinajstić information content (AvgIpc) is 2.94. The molecule has 0 aromatic heterocycles. The molecule has 4 rings (SSSR count). The number of hydrogen-bond acceptors (Lipinski definition) is 6. The molecule has 2 N–H and O–H groups in total. The average molecular weight is 641 g/mol. The van der Waals surface area contributed by atoms with Crippen LogP contribution in [0.25, 0.3) is 0 Å². The van der Waals surface area contributed by atoms with Crippen molar-refractivity contribution in [3.05, 3.63) is 122 Å². The number of nitrogens with one attached hydrogen (secondary N) is 2. The van der Waals surface area contributed by atoms with E-state index in [4.69, 9.17) is 32.7 Å². The molecule has 4 aromatic carbocycles. The Kier molecular flexibility index (Phi) is 9.55. The number of amides is 2. The molecule has 0 saturated carbocycles. The maximum Gasteiger partial charge on any atom is 0.345 e. The van der Waals surface area contributed by atoms with Crippen LogP contribution in [0.15, 0.2) is 94.5 Å². The van der Waals surface area contributed by atoms with Gasteiger partial charge in [-0.1, -0.05) is 51.3 Å². The second kappa shape index (κ2) is 13.3. The van der Waals surface area contributed by atoms with Gasteiger partial charge in [-0.3, -0.25) is 9.59 Å². The van der Waals surface area contributed by atoms with Crippen molar-refractivity contribution in [1.82, 2.24) is 5.43 Å². The van der Waals surface area contributed by atoms with E-state index in [0.717, 1.165) is 0 Å². The van der Waals surface area contributed by atoms with Crippen LogP contribution in [0.1, 0.15) is 36.6 Å². The molecule has 0 heterocycles. The normalized spacial score (nSPS) is 10.7. The summed E-state index contributed by atoms with van der Waals surface area (Å²) in [5, 5.41) is 7.30. The quantitative estimate of drug-likeness (QED) is 0.0934. The number of hydrogen-bond donors (Lipinski definition) is 2. The van der Waals surface area contributed by atoms with E-state index >= 15 is 0 Å². The van der Waals surface area contributed by atoms with E-state index in [0.29, 0.717) is 32.1 Å². The Balaban J connectivity index is 1.44. The lowest BCUT2D eigenvalue weighted by atomic mass is 10.1. The lowest BCUT2D eigenvalue weighted by Gasteiger charge is -2.09. The molecule has 0 bridgehead atoms. The molecule has 0 saturated heterocycles. The molecule has 0 fully saturated rings. The van der Waals surface area contributed by atoms with Gasteiger partial charge in [0, 0.05) is 31.9 Å². The minimum Gasteiger partial charge on any atom is -0.497 e. The first kappa shape index (κ1) is 28.8. The molecule has 0 spiro atoms. The van der Waals surface area contributed by atoms with E-state index < -0.39 is 11.9 Å². The SMILES string of the molecule is COc1cccc(C(=O)Nc2cccc(C(=O)NN=Cc3cc(Br)ccc3OC(=O)c3ccc(Cl)cc3Cl)c2)c1. The number of rotatable bonds is 8. The van der Waals surface area contributed by atoms with Crippen molar-refractivity contribution in [2.75, 3.05) is 12.4 Å². The van der Waals surface area contributed by atoms with Gasteiger partial charge in [0.25, 0.3) is 11.8 Å². The first-order chi connectivity index (χ1) is 19.2. The van der Waals surface area contributed by atoms with Crippen molar-refractivity contribution in [3.8, 4) is 11.5 Å². The molecule has 4 aromatic rings. The summed E-state index contributed by atoms with van der Waals surface area (Å²) in [6, 6.07) is 22.5. The summed E-state index contributed by atoms with van der Waals surface area (Å²) < 4.78 is 11.4. The molecule has 0 atom stereocenters. The second-order valence-corrected chi connectivity index (χ2v) is 9.92. The Morgan fingerprint density at radius 2 is 1.62 bits per heavy atom. The van der Waals surface area contributed by atoms with Crippen LogP contribution in [0.3, 0.4) is 0 Å². The molecule has 202 valence electrons. The van der Waals surface area contributed by atoms with Gasteiger partial charge >= 0.3 is 5.97 Å². The molecule has 0 aliphatic carbocycles. The van der Waals surface area contributed by atoms with Gasteiger partial charge in [-0.2, -0.15) is 5.10 Å². The third-order valence-corrected chi connectivity index (χ3v) is 6.45. The fourth-order valence-electron chi connectivity index (χ4n) is 3.45. The Morgan fingerprint density at radius 3 is 2.38 bits per heavy atom. The minimum atomic E-state index is -0.685. The van der Waals surface area contributed by atoms with Gasteiger partial charge in [-0.15, -0.1) is 0 Å². The van der Waals surface area contributed by atoms with Gasteiger partial charge in [0.05, 0.1) is 23.9 Å². The number of hydrazone groups is 1. The zero-order valence-corrected chi connectivity index (χ0v) is 23.9. The fourth-order valence-corrected chi connectivity index (χ4v) is 4.32. The Bertz CT molecular complexity index is 1630. The van der Waals surface area contributed by atoms with Crippen LogP contribution in [0.4, 0.5) is 5.69 Å². The van der Waals surface area contributed by atoms with Crippen LogP contribution >= 0.6 is 39.1 Å². The molecule has 0 radical (unpaired) electrons. The van der Waals surface area contributed by atoms with Crippen molar-refractivity contribution >= 4 is 68.8 Å². The number of ether oxygens (including phenoxy) is 2. The van der Waals surface area contributed by atoms with Crippen molar-refractivity contribution in [3.63, 3.8) is 0 Å². The third-order valence-electron chi connectivity index (χ3n) is 5.41. The van der Waals surface area contributed by atoms with Crippen LogP contribution in [0.5, 0.6) is 11.5 Å². The zero-order valence-electron chi connectivity index (χ0n) is 20.8. The van der Waals surface area contributed by atoms with Gasteiger partial charge in [0.1, 0.15) is 11.5 Å². The number of carbonyl (C=O) groups excluding carboxylic acids is 3. The minimum absolute atomic E-state index is 0.142. The van der Waals surface area contributed by atoms with Gasteiger partial charge in [-0.25, -0.2) is 10.2 Å². The first-order valence-electron chi connectivity index (χ1n) is 11.6. The molecule has 40 heavy (non-hydrogen) atoms. The highest BCUT2D eigenvalue weighted by molar-refractivity contribution is 9.10. The molecule has 0 unspecified atom stereocenters. The number of esters is 1. The van der Waals surface area contributed by atoms with Crippen molar-refractivity contribution in [2.24, 2.45) is 5.10 Å². The molecule has 2 amide bonds. The molecular weight excluding hydrogens is 621 g/mol. The smallest absolute Gasteiger partial charge is 0.345 e. The maximum atomic E-state index is 12.7. The lowest BCUT2D eigenvalue weighted by molar-refractivity contribution is 0.0734. The number of benzene rings is 4. The highest BCUT2D eigenvalue weighted by Gasteiger charge is 2.16. The molecule has 8 nitrogen and oxygen atoms in total. The topological polar surface area (TPSA) is 106 Å². The number of anilines is 1. The summed E-state index contributed by atoms with van der Waals surface area (Å²) in [6.07, 6.45) is 1.34. The number of nitrogens with zero attached hydrogens (tertiary/aromatic N) is 1. The molecular formula is C29H20BrCl2N3O5. The van der Waals surface area contributed by atoms with Crippen molar-refractivity contribution in [1.29, 1.82) is 0 Å². The summed E-state index contributed by atoms with van der Waals surface area (Å²) >= 11 is 15.4. The van der Waals surface area contributed by atoms with E-state index in [-0.39, 0.29) is 27.8 Å². The van der Waals surface area contributed by atoms with E-state index in [9.17, 15) is 14.4 Å². The third kappa shape index (κ3) is 7.47. The standard InChI is InChI=1S/C29H20BrCl2N3O5/c1-39-23-7-3-5-18(14-23)27(36)34-22-6-2-4-17(13-22)28(37)35-33-16-19-12-20(30)8-11-26(19)40-29(38)24-10-9-21(31)15-25(24)32/h2-16H,1H3,(H,34,36)(H,35,37). The van der Waals surface area contributed by atoms with E-state index in [1.807, 2.05) is 0 Å². The summed E-state index contributed by atoms with van der Waals surface area (Å²) in [5.41, 5.74) is 4.07. The lowest BCUT2D eigenvalue weighted by Crippen LogP contribution is -2.18. The summed E-state index contributed by atoms with van der Waals surface area (Å²) in [6.45, 7) is 0. The number of halogens is 3. The first-order valence-corrected chi connectivity index (χ1v) is 13.1. The molecule has 0 aliphatic rings. The van der Waals surface area contributed by atoms with E-state index in [2.05, 4.69) is 31.8 Å². The highest BCUT2D eigenvalue weighted by Crippen LogP contribution is 2.26. The Labute approximate surface area is 248 Å². The van der Waals surface area contributed by atoms with Crippen LogP contribution in [0, 0.1) is 0 Å². The Hall–Kier alpha value is -4.18. The summed E-state index contributed by atoms with van der Waals surface area (Å²) in [5.74, 6) is -0.813. The van der Waals surface area contributed by atoms with E-state index in [1.165, 1.54) is 37.6 Å². The Morgan fingerprint density at radius 1 is 0.875 bits per heavy atom. The summed E-state index contributed by atoms with van der Waals surface area (Å²) in [4.78, 5) is 38.0. The summed E-state index contributed by atoms with van der Waals surface area (Å²) in [7, 11) is 1.52. The number of carbonyl (C=O) groups is 3. The monoisotopic (exact) mass is 639 g/mol. The van der Waals surface area contributed by atoms with Crippen LogP contribution < -0.4 is 20.2 Å². The maximum absolute atomic E-state index is 12.7.